The molecule has 12 heteroatoms. The third-order valence-electron chi connectivity index (χ3n) is 4.72. The van der Waals surface area contributed by atoms with Crippen molar-refractivity contribution < 1.29 is 22.4 Å². The van der Waals surface area contributed by atoms with Gasteiger partial charge in [-0.05, 0) is 42.0 Å². The van der Waals surface area contributed by atoms with Gasteiger partial charge < -0.3 is 11.1 Å². The number of benzene rings is 1. The molecule has 0 bridgehead atoms. The maximum Gasteiger partial charge on any atom is 0.253 e. The molecule has 0 aliphatic carbocycles. The van der Waals surface area contributed by atoms with E-state index in [1.807, 2.05) is 0 Å². The van der Waals surface area contributed by atoms with E-state index < -0.39 is 27.4 Å². The Morgan fingerprint density at radius 2 is 1.85 bits per heavy atom. The number of carbonyl (C=O) groups is 2. The number of sulfone groups is 1. The molecule has 4 aromatic rings. The lowest BCUT2D eigenvalue weighted by molar-refractivity contribution is -0.115. The Labute approximate surface area is 187 Å². The van der Waals surface area contributed by atoms with E-state index in [9.17, 15) is 22.4 Å². The van der Waals surface area contributed by atoms with Crippen LogP contribution < -0.4 is 11.1 Å². The van der Waals surface area contributed by atoms with Crippen LogP contribution in [-0.4, -0.2) is 45.7 Å². The molecule has 2 amide bonds. The molecule has 0 aliphatic rings. The molecule has 1 aromatic carbocycles. The molecule has 10 nitrogen and oxygen atoms in total. The molecule has 0 spiro atoms. The highest BCUT2D eigenvalue weighted by Gasteiger charge is 2.20. The highest BCUT2D eigenvalue weighted by molar-refractivity contribution is 7.92. The van der Waals surface area contributed by atoms with Gasteiger partial charge in [0.25, 0.3) is 5.91 Å². The number of fused-ring (bicyclic) bond motifs is 1. The summed E-state index contributed by atoms with van der Waals surface area (Å²) in [7, 11) is -3.97. The second-order valence-electron chi connectivity index (χ2n) is 7.06. The highest BCUT2D eigenvalue weighted by Crippen LogP contribution is 2.21. The van der Waals surface area contributed by atoms with E-state index in [0.717, 1.165) is 0 Å². The van der Waals surface area contributed by atoms with E-state index in [1.54, 1.807) is 18.3 Å². The lowest BCUT2D eigenvalue weighted by Crippen LogP contribution is -2.25. The molecular formula is C21H17FN6O4S. The van der Waals surface area contributed by atoms with Crippen molar-refractivity contribution in [3.63, 3.8) is 0 Å². The Balaban J connectivity index is 1.55. The molecule has 3 heterocycles. The van der Waals surface area contributed by atoms with Gasteiger partial charge in [-0.3, -0.25) is 14.6 Å². The van der Waals surface area contributed by atoms with Crippen LogP contribution >= 0.6 is 0 Å². The van der Waals surface area contributed by atoms with Crippen molar-refractivity contribution in [2.24, 2.45) is 5.73 Å². The minimum atomic E-state index is -3.97. The number of nitrogens with two attached hydrogens (primary N) is 1. The van der Waals surface area contributed by atoms with Gasteiger partial charge in [-0.15, -0.1) is 0 Å². The minimum absolute atomic E-state index is 0.00291. The van der Waals surface area contributed by atoms with Crippen molar-refractivity contribution in [2.45, 2.75) is 11.6 Å². The minimum Gasteiger partial charge on any atom is -0.369 e. The van der Waals surface area contributed by atoms with Crippen molar-refractivity contribution in [2.75, 3.05) is 5.75 Å². The van der Waals surface area contributed by atoms with E-state index in [2.05, 4.69) is 20.4 Å². The lowest BCUT2D eigenvalue weighted by Gasteiger charge is -2.08. The van der Waals surface area contributed by atoms with Crippen LogP contribution in [-0.2, 0) is 21.2 Å². The Morgan fingerprint density at radius 3 is 2.58 bits per heavy atom. The number of nitrogens with one attached hydrogen (secondary N) is 1. The fourth-order valence-corrected chi connectivity index (χ4v) is 4.25. The predicted octanol–water partition coefficient (Wildman–Crippen LogP) is 1.14. The van der Waals surface area contributed by atoms with E-state index in [-0.39, 0.29) is 23.0 Å². The van der Waals surface area contributed by atoms with Gasteiger partial charge in [0.1, 0.15) is 11.6 Å². The summed E-state index contributed by atoms with van der Waals surface area (Å²) < 4.78 is 39.1. The summed E-state index contributed by atoms with van der Waals surface area (Å²) in [4.78, 5) is 31.7. The number of primary amides is 1. The molecular weight excluding hydrogens is 451 g/mol. The van der Waals surface area contributed by atoms with E-state index in [1.165, 1.54) is 47.5 Å². The predicted molar refractivity (Wildman–Crippen MR) is 115 cm³/mol. The quantitative estimate of drug-likeness (QED) is 0.413. The number of halogens is 1. The Bertz CT molecular complexity index is 1470. The van der Waals surface area contributed by atoms with Crippen molar-refractivity contribution in [1.29, 1.82) is 0 Å². The standard InChI is InChI=1S/C21H17FN6O4S/c22-14-1-3-15(4-2-14)28-18-11-24-9-17(16(18)10-27-28)21(30)26-8-13-5-6-25-20(7-13)33(31,32)12-19(23)29/h1-7,9-11H,8,12H2,(H2,23,29)(H,26,30). The zero-order valence-electron chi connectivity index (χ0n) is 17.0. The summed E-state index contributed by atoms with van der Waals surface area (Å²) in [5.74, 6) is -2.68. The van der Waals surface area contributed by atoms with Crippen LogP contribution in [0.5, 0.6) is 0 Å². The van der Waals surface area contributed by atoms with E-state index in [0.29, 0.717) is 22.2 Å². The normalized spacial score (nSPS) is 11.4. The third-order valence-corrected chi connectivity index (χ3v) is 6.24. The molecule has 0 aliphatic heterocycles. The van der Waals surface area contributed by atoms with Gasteiger partial charge in [-0.25, -0.2) is 22.5 Å². The van der Waals surface area contributed by atoms with Crippen LogP contribution in [0.4, 0.5) is 4.39 Å². The van der Waals surface area contributed by atoms with Crippen molar-refractivity contribution in [3.8, 4) is 5.69 Å². The summed E-state index contributed by atoms with van der Waals surface area (Å²) in [6, 6.07) is 8.53. The summed E-state index contributed by atoms with van der Waals surface area (Å²) >= 11 is 0. The monoisotopic (exact) mass is 468 g/mol. The van der Waals surface area contributed by atoms with Crippen LogP contribution in [0.15, 0.2) is 66.2 Å². The van der Waals surface area contributed by atoms with Gasteiger partial charge >= 0.3 is 0 Å². The first-order valence-corrected chi connectivity index (χ1v) is 11.2. The number of rotatable bonds is 7. The smallest absolute Gasteiger partial charge is 0.253 e. The van der Waals surface area contributed by atoms with Gasteiger partial charge in [0.2, 0.25) is 15.7 Å². The molecule has 0 atom stereocenters. The van der Waals surface area contributed by atoms with Crippen LogP contribution in [0.25, 0.3) is 16.6 Å². The topological polar surface area (TPSA) is 150 Å². The Kier molecular flexibility index (Phi) is 5.84. The summed E-state index contributed by atoms with van der Waals surface area (Å²) in [5.41, 5.74) is 6.86. The van der Waals surface area contributed by atoms with Gasteiger partial charge in [-0.1, -0.05) is 0 Å². The molecule has 3 N–H and O–H groups in total. The van der Waals surface area contributed by atoms with Crippen LogP contribution in [0.3, 0.4) is 0 Å². The van der Waals surface area contributed by atoms with Crippen LogP contribution in [0, 0.1) is 5.82 Å². The average Bonchev–Trinajstić information content (AvgIpc) is 3.21. The first-order chi connectivity index (χ1) is 15.7. The first-order valence-electron chi connectivity index (χ1n) is 9.56. The zero-order chi connectivity index (χ0) is 23.6. The zero-order valence-corrected chi connectivity index (χ0v) is 17.8. The molecule has 0 fully saturated rings. The number of aromatic nitrogens is 4. The molecule has 3 aromatic heterocycles. The largest absolute Gasteiger partial charge is 0.369 e. The molecule has 4 rings (SSSR count). The lowest BCUT2D eigenvalue weighted by atomic mass is 10.1. The highest BCUT2D eigenvalue weighted by atomic mass is 32.2. The number of hydrogen-bond donors (Lipinski definition) is 2. The molecule has 0 radical (unpaired) electrons. The van der Waals surface area contributed by atoms with Gasteiger partial charge in [0.15, 0.2) is 5.03 Å². The number of nitrogens with zero attached hydrogens (tertiary/aromatic N) is 4. The number of hydrogen-bond acceptors (Lipinski definition) is 7. The fourth-order valence-electron chi connectivity index (χ4n) is 3.18. The average molecular weight is 468 g/mol. The SMILES string of the molecule is NC(=O)CS(=O)(=O)c1cc(CNC(=O)c2cncc3c2cnn3-c2ccc(F)cc2)ccn1. The van der Waals surface area contributed by atoms with Crippen LogP contribution in [0.1, 0.15) is 15.9 Å². The number of amides is 2. The summed E-state index contributed by atoms with van der Waals surface area (Å²) in [6.45, 7) is 0.00291. The van der Waals surface area contributed by atoms with Crippen LogP contribution in [0.2, 0.25) is 0 Å². The van der Waals surface area contributed by atoms with Crippen molar-refractivity contribution >= 4 is 32.6 Å². The summed E-state index contributed by atoms with van der Waals surface area (Å²) in [5, 5.41) is 7.21. The number of carbonyl (C=O) groups excluding carboxylic acids is 2. The second-order valence-corrected chi connectivity index (χ2v) is 9.00. The third kappa shape index (κ3) is 4.70. The maximum atomic E-state index is 13.2. The maximum absolute atomic E-state index is 13.2. The van der Waals surface area contributed by atoms with Gasteiger partial charge in [0, 0.05) is 24.3 Å². The summed E-state index contributed by atoms with van der Waals surface area (Å²) in [6.07, 6.45) is 5.71. The molecule has 0 unspecified atom stereocenters. The molecule has 33 heavy (non-hydrogen) atoms. The molecule has 168 valence electrons. The molecule has 0 saturated heterocycles. The second kappa shape index (κ2) is 8.74. The number of pyridine rings is 2. The van der Waals surface area contributed by atoms with E-state index in [4.69, 9.17) is 5.73 Å². The van der Waals surface area contributed by atoms with Crippen molar-refractivity contribution in [3.05, 3.63) is 78.1 Å². The first kappa shape index (κ1) is 22.0. The van der Waals surface area contributed by atoms with E-state index >= 15 is 0 Å². The Hall–Kier alpha value is -4.19. The van der Waals surface area contributed by atoms with Gasteiger partial charge in [0.05, 0.1) is 29.2 Å². The Morgan fingerprint density at radius 1 is 1.09 bits per heavy atom. The molecule has 0 saturated carbocycles. The van der Waals surface area contributed by atoms with Crippen molar-refractivity contribution in [1.82, 2.24) is 25.1 Å². The fraction of sp³-hybridized carbons (Fsp3) is 0.0952. The van der Waals surface area contributed by atoms with Gasteiger partial charge in [-0.2, -0.15) is 5.10 Å².